The van der Waals surface area contributed by atoms with E-state index in [0.29, 0.717) is 44.0 Å². The quantitative estimate of drug-likeness (QED) is 0.0424. The number of esters is 1. The summed E-state index contributed by atoms with van der Waals surface area (Å²) in [5.41, 5.74) is 5.56. The molecule has 0 aliphatic heterocycles. The smallest absolute Gasteiger partial charge is 1.00 e. The summed E-state index contributed by atoms with van der Waals surface area (Å²) in [6.45, 7) is 18.8. The molecule has 240 valence electrons. The van der Waals surface area contributed by atoms with Gasteiger partial charge in [0, 0.05) is 25.5 Å². The van der Waals surface area contributed by atoms with Crippen molar-refractivity contribution in [2.75, 3.05) is 26.4 Å². The maximum absolute atomic E-state index is 10.9. The molecule has 0 heterocycles. The molecule has 0 aliphatic carbocycles. The van der Waals surface area contributed by atoms with Gasteiger partial charge >= 0.3 is 57.4 Å². The molecule has 0 amide bonds. The normalized spacial score (nSPS) is 9.51. The van der Waals surface area contributed by atoms with Crippen LogP contribution in [0.15, 0.2) is 110 Å². The number of benzene rings is 4. The number of hydrogen-bond acceptors (Lipinski definition) is 5. The Morgan fingerprint density at radius 2 is 1.04 bits per heavy atom. The molecule has 4 aromatic carbocycles. The third-order valence-corrected chi connectivity index (χ3v) is 5.91. The largest absolute Gasteiger partial charge is 1.00 e. The molecule has 0 saturated carbocycles. The minimum absolute atomic E-state index is 0. The van der Waals surface area contributed by atoms with E-state index in [1.165, 1.54) is 0 Å². The predicted octanol–water partition coefficient (Wildman–Crippen LogP) is 7.02. The van der Waals surface area contributed by atoms with E-state index < -0.39 is 5.97 Å². The summed E-state index contributed by atoms with van der Waals surface area (Å²) in [6, 6.07) is 30.5. The number of aliphatic hydroxyl groups excluding tert-OH is 1. The van der Waals surface area contributed by atoms with Crippen LogP contribution < -0.4 is 60.9 Å². The number of rotatable bonds is 12. The van der Waals surface area contributed by atoms with Gasteiger partial charge in [0.2, 0.25) is 0 Å². The van der Waals surface area contributed by atoms with E-state index in [1.807, 2.05) is 84.9 Å². The molecular weight excluding hydrogens is 691 g/mol. The third kappa shape index (κ3) is 18.4. The molecule has 0 spiro atoms. The van der Waals surface area contributed by atoms with Crippen molar-refractivity contribution in [3.63, 3.8) is 0 Å². The molecule has 12 heteroatoms. The molecule has 0 aliphatic rings. The molecule has 1 N–H and O–H groups in total. The Labute approximate surface area is 330 Å². The Morgan fingerprint density at radius 1 is 0.702 bits per heavy atom. The Hall–Kier alpha value is -2.01. The predicted molar refractivity (Wildman–Crippen MR) is 202 cm³/mol. The van der Waals surface area contributed by atoms with Crippen LogP contribution in [0.4, 0.5) is 11.4 Å². The second-order valence-electron chi connectivity index (χ2n) is 9.31. The van der Waals surface area contributed by atoms with Crippen molar-refractivity contribution in [2.24, 2.45) is 0 Å². The van der Waals surface area contributed by atoms with Crippen LogP contribution >= 0.6 is 33.8 Å². The van der Waals surface area contributed by atoms with Crippen LogP contribution in [0.25, 0.3) is 31.9 Å². The second kappa shape index (κ2) is 25.9. The Balaban J connectivity index is 0.000000807. The van der Waals surface area contributed by atoms with Gasteiger partial charge in [-0.1, -0.05) is 79.4 Å². The maximum atomic E-state index is 10.9. The monoisotopic (exact) mass is 730 g/mol. The van der Waals surface area contributed by atoms with Crippen LogP contribution in [0.1, 0.15) is 14.3 Å². The molecule has 0 fully saturated rings. The summed E-state index contributed by atoms with van der Waals surface area (Å²) < 4.78 is 15.9. The summed E-state index contributed by atoms with van der Waals surface area (Å²) in [4.78, 5) is 17.6. The first-order valence-corrected chi connectivity index (χ1v) is 20.3. The molecular formula is C35H39KN2O5P4. The molecule has 4 aromatic rings. The van der Waals surface area contributed by atoms with E-state index in [0.717, 1.165) is 39.8 Å². The molecule has 0 saturated heterocycles. The molecule has 3 unspecified atom stereocenters. The molecule has 0 bridgehead atoms. The summed E-state index contributed by atoms with van der Waals surface area (Å²) in [5, 5.41) is 8.68. The third-order valence-electron chi connectivity index (χ3n) is 5.91. The van der Waals surface area contributed by atoms with Crippen LogP contribution in [-0.2, 0) is 9.53 Å². The van der Waals surface area contributed by atoms with Crippen molar-refractivity contribution in [3.05, 3.63) is 133 Å². The minimum atomic E-state index is -0.418. The SMILES string of the molecule is PP(P)P.[C-]#[N+]c1ccc(-c2ccc(OCCCO)cc2)cc1.[C-]#[N+]c1ccc(-c2ccc(OCCCOC(=O)C=C)cc2)cc1.[H-].[K+]. The summed E-state index contributed by atoms with van der Waals surface area (Å²) >= 11 is 0. The number of ether oxygens (including phenoxy) is 3. The first kappa shape index (κ1) is 43.0. The van der Waals surface area contributed by atoms with Crippen molar-refractivity contribution in [1.29, 1.82) is 0 Å². The van der Waals surface area contributed by atoms with Gasteiger partial charge in [0.25, 0.3) is 0 Å². The van der Waals surface area contributed by atoms with Gasteiger partial charge in [0.1, 0.15) is 11.5 Å². The number of carbonyl (C=O) groups excluding carboxylic acids is 1. The van der Waals surface area contributed by atoms with Gasteiger partial charge < -0.3 is 20.7 Å². The van der Waals surface area contributed by atoms with E-state index in [-0.39, 0.29) is 66.4 Å². The fourth-order valence-electron chi connectivity index (χ4n) is 3.68. The first-order valence-electron chi connectivity index (χ1n) is 14.2. The zero-order valence-corrected chi connectivity index (χ0v) is 33.9. The number of carbonyl (C=O) groups is 1. The van der Waals surface area contributed by atoms with E-state index >= 15 is 0 Å². The van der Waals surface area contributed by atoms with Crippen LogP contribution in [0.3, 0.4) is 0 Å². The molecule has 4 rings (SSSR count). The zero-order valence-electron chi connectivity index (χ0n) is 27.4. The van der Waals surface area contributed by atoms with Gasteiger partial charge in [-0.25, -0.2) is 14.5 Å². The Kier molecular flexibility index (Phi) is 23.7. The van der Waals surface area contributed by atoms with Gasteiger partial charge in [0.15, 0.2) is 11.4 Å². The standard InChI is InChI=1S/C19H17NO3.C16H15NO2.K.H6P4.H/c1-3-19(21)23-14-4-13-22-18-11-7-16(8-12-18)15-5-9-17(20-2)10-6-15;1-17-15-7-3-13(4-8-15)14-5-9-16(10-6-14)19-12-2-11-18;;1-4(2)3;/h3,5-12H,1,4,13-14H2;3-10,18H,2,11-12H2;;1-3H2;/q;;+1;;-1. The first-order chi connectivity index (χ1) is 22.3. The van der Waals surface area contributed by atoms with E-state index in [9.17, 15) is 4.79 Å². The summed E-state index contributed by atoms with van der Waals surface area (Å²) in [6.07, 6.45) is 2.41. The van der Waals surface area contributed by atoms with Gasteiger partial charge in [0.05, 0.1) is 33.0 Å². The van der Waals surface area contributed by atoms with Gasteiger partial charge in [-0.2, -0.15) is 0 Å². The Bertz CT molecular complexity index is 1560. The number of aliphatic hydroxyl groups is 1. The van der Waals surface area contributed by atoms with Crippen molar-refractivity contribution in [3.8, 4) is 33.8 Å². The second-order valence-corrected chi connectivity index (χ2v) is 20.9. The van der Waals surface area contributed by atoms with Crippen molar-refractivity contribution >= 4 is 51.1 Å². The maximum Gasteiger partial charge on any atom is 1.00 e. The van der Waals surface area contributed by atoms with Crippen molar-refractivity contribution in [2.45, 2.75) is 12.8 Å². The van der Waals surface area contributed by atoms with Gasteiger partial charge in [-0.3, -0.25) is 0 Å². The average Bonchev–Trinajstić information content (AvgIpc) is 3.09. The van der Waals surface area contributed by atoms with Crippen LogP contribution in [-0.4, -0.2) is 37.5 Å². The molecule has 47 heavy (non-hydrogen) atoms. The minimum Gasteiger partial charge on any atom is -1.00 e. The van der Waals surface area contributed by atoms with Crippen molar-refractivity contribution < 1.29 is 76.9 Å². The molecule has 0 aromatic heterocycles. The topological polar surface area (TPSA) is 73.7 Å². The number of hydrogen-bond donors (Lipinski definition) is 1. The Morgan fingerprint density at radius 3 is 1.36 bits per heavy atom. The van der Waals surface area contributed by atoms with E-state index in [4.69, 9.17) is 32.5 Å². The van der Waals surface area contributed by atoms with Crippen molar-refractivity contribution in [1.82, 2.24) is 0 Å². The van der Waals surface area contributed by atoms with Crippen LogP contribution in [0.2, 0.25) is 0 Å². The molecule has 0 radical (unpaired) electrons. The molecule has 7 nitrogen and oxygen atoms in total. The van der Waals surface area contributed by atoms with Gasteiger partial charge in [-0.15, -0.1) is 26.8 Å². The number of nitrogens with zero attached hydrogens (tertiary/aromatic N) is 2. The van der Waals surface area contributed by atoms with Crippen LogP contribution in [0, 0.1) is 13.1 Å². The average molecular weight is 731 g/mol. The van der Waals surface area contributed by atoms with Crippen LogP contribution in [0.5, 0.6) is 11.5 Å². The molecule has 3 atom stereocenters. The fraction of sp³-hybridized carbons (Fsp3) is 0.171. The summed E-state index contributed by atoms with van der Waals surface area (Å²) in [7, 11) is 7.94. The fourth-order valence-corrected chi connectivity index (χ4v) is 3.68. The summed E-state index contributed by atoms with van der Waals surface area (Å²) in [5.74, 6) is 1.15. The van der Waals surface area contributed by atoms with E-state index in [2.05, 4.69) is 43.1 Å². The van der Waals surface area contributed by atoms with E-state index in [1.54, 1.807) is 12.1 Å². The zero-order chi connectivity index (χ0) is 33.6. The van der Waals surface area contributed by atoms with Gasteiger partial charge in [-0.05, 0) is 53.5 Å².